The van der Waals surface area contributed by atoms with Crippen LogP contribution in [0.2, 0.25) is 0 Å². The first kappa shape index (κ1) is 19.5. The molecule has 1 unspecified atom stereocenters. The minimum absolute atomic E-state index is 0.152. The Labute approximate surface area is 153 Å². The molecule has 2 aromatic rings. The van der Waals surface area contributed by atoms with Crippen molar-refractivity contribution in [2.45, 2.75) is 51.4 Å². The van der Waals surface area contributed by atoms with Crippen molar-refractivity contribution in [3.8, 4) is 6.07 Å². The summed E-state index contributed by atoms with van der Waals surface area (Å²) in [5.41, 5.74) is 3.21. The van der Waals surface area contributed by atoms with E-state index < -0.39 is 5.97 Å². The predicted octanol–water partition coefficient (Wildman–Crippen LogP) is 4.38. The van der Waals surface area contributed by atoms with Gasteiger partial charge in [0.1, 0.15) is 0 Å². The molecule has 1 amide bonds. The number of rotatable bonds is 8. The van der Waals surface area contributed by atoms with E-state index in [1.165, 1.54) is 0 Å². The molecular formula is C21H24N2O3. The summed E-state index contributed by atoms with van der Waals surface area (Å²) in [4.78, 5) is 27.1. The molecule has 2 rings (SSSR count). The van der Waals surface area contributed by atoms with Gasteiger partial charge in [-0.05, 0) is 29.2 Å². The number of fused-ring (bicyclic) bond motifs is 1. The first-order chi connectivity index (χ1) is 12.7. The van der Waals surface area contributed by atoms with Gasteiger partial charge in [0.15, 0.2) is 0 Å². The molecule has 0 heterocycles. The Morgan fingerprint density at radius 1 is 1.12 bits per heavy atom. The molecular weight excluding hydrogens is 328 g/mol. The molecule has 1 N–H and O–H groups in total. The highest BCUT2D eigenvalue weighted by atomic mass is 16.7. The van der Waals surface area contributed by atoms with Gasteiger partial charge in [0.05, 0.1) is 12.0 Å². The van der Waals surface area contributed by atoms with Crippen molar-refractivity contribution in [1.29, 1.82) is 5.26 Å². The van der Waals surface area contributed by atoms with Crippen LogP contribution in [-0.2, 0) is 14.4 Å². The molecule has 2 aromatic carbocycles. The predicted molar refractivity (Wildman–Crippen MR) is 99.9 cm³/mol. The lowest BCUT2D eigenvalue weighted by molar-refractivity contribution is -0.158. The van der Waals surface area contributed by atoms with Crippen LogP contribution in [0.5, 0.6) is 0 Å². The van der Waals surface area contributed by atoms with E-state index in [9.17, 15) is 14.9 Å². The first-order valence-corrected chi connectivity index (χ1v) is 9.01. The van der Waals surface area contributed by atoms with Crippen LogP contribution in [-0.4, -0.2) is 11.9 Å². The number of nitrogens with zero attached hydrogens (tertiary/aromatic N) is 1. The highest BCUT2D eigenvalue weighted by Gasteiger charge is 2.13. The fraction of sp³-hybridized carbons (Fsp3) is 0.381. The van der Waals surface area contributed by atoms with Crippen molar-refractivity contribution >= 4 is 22.6 Å². The van der Waals surface area contributed by atoms with Gasteiger partial charge in [0, 0.05) is 12.8 Å². The van der Waals surface area contributed by atoms with Crippen molar-refractivity contribution in [1.82, 2.24) is 5.48 Å². The topological polar surface area (TPSA) is 79.2 Å². The molecule has 0 radical (unpaired) electrons. The Bertz CT molecular complexity index is 790. The second kappa shape index (κ2) is 10.2. The summed E-state index contributed by atoms with van der Waals surface area (Å²) < 4.78 is 0. The zero-order valence-electron chi connectivity index (χ0n) is 15.0. The lowest BCUT2D eigenvalue weighted by Crippen LogP contribution is -2.26. The zero-order valence-corrected chi connectivity index (χ0v) is 15.0. The standard InChI is InChI=1S/C21H24N2O3/c1-2-21(25)26-23-20(24)14-5-3-4-10-17(15-22)19-13-8-11-16-9-6-7-12-18(16)19/h6-9,11-13,17H,2-5,10,14H2,1H3,(H,23,24). The summed E-state index contributed by atoms with van der Waals surface area (Å²) >= 11 is 0. The van der Waals surface area contributed by atoms with Gasteiger partial charge >= 0.3 is 5.97 Å². The number of unbranched alkanes of at least 4 members (excludes halogenated alkanes) is 2. The van der Waals surface area contributed by atoms with E-state index in [4.69, 9.17) is 0 Å². The minimum atomic E-state index is -0.453. The van der Waals surface area contributed by atoms with Crippen LogP contribution in [0.3, 0.4) is 0 Å². The average Bonchev–Trinajstić information content (AvgIpc) is 2.68. The Hall–Kier alpha value is -2.87. The SMILES string of the molecule is CCC(=O)ONC(=O)CCCCCC(C#N)c1cccc2ccccc12. The van der Waals surface area contributed by atoms with Gasteiger partial charge in [0.2, 0.25) is 0 Å². The summed E-state index contributed by atoms with van der Waals surface area (Å²) in [6.45, 7) is 1.66. The van der Waals surface area contributed by atoms with Crippen LogP contribution < -0.4 is 5.48 Å². The summed E-state index contributed by atoms with van der Waals surface area (Å²) in [5, 5.41) is 11.8. The second-order valence-corrected chi connectivity index (χ2v) is 6.20. The molecule has 0 aliphatic rings. The quantitative estimate of drug-likeness (QED) is 0.565. The van der Waals surface area contributed by atoms with E-state index in [2.05, 4.69) is 34.6 Å². The lowest BCUT2D eigenvalue weighted by atomic mass is 9.90. The fourth-order valence-electron chi connectivity index (χ4n) is 2.89. The minimum Gasteiger partial charge on any atom is -0.341 e. The first-order valence-electron chi connectivity index (χ1n) is 9.01. The van der Waals surface area contributed by atoms with Crippen molar-refractivity contribution in [2.75, 3.05) is 0 Å². The Morgan fingerprint density at radius 2 is 1.88 bits per heavy atom. The number of nitriles is 1. The molecule has 0 aliphatic carbocycles. The van der Waals surface area contributed by atoms with Crippen molar-refractivity contribution in [3.63, 3.8) is 0 Å². The van der Waals surface area contributed by atoms with E-state index in [-0.39, 0.29) is 18.2 Å². The smallest absolute Gasteiger partial charge is 0.331 e. The van der Waals surface area contributed by atoms with Gasteiger partial charge in [-0.3, -0.25) is 4.79 Å². The van der Waals surface area contributed by atoms with E-state index in [0.29, 0.717) is 12.8 Å². The summed E-state index contributed by atoms with van der Waals surface area (Å²) in [7, 11) is 0. The van der Waals surface area contributed by atoms with Crippen molar-refractivity contribution in [3.05, 3.63) is 48.0 Å². The van der Waals surface area contributed by atoms with Gasteiger partial charge in [-0.2, -0.15) is 10.7 Å². The molecule has 0 bridgehead atoms. The molecule has 0 fully saturated rings. The number of hydrogen-bond donors (Lipinski definition) is 1. The maximum absolute atomic E-state index is 11.5. The van der Waals surface area contributed by atoms with Crippen LogP contribution in [0.4, 0.5) is 0 Å². The second-order valence-electron chi connectivity index (χ2n) is 6.20. The van der Waals surface area contributed by atoms with Crippen LogP contribution in [0, 0.1) is 11.3 Å². The molecule has 0 spiro atoms. The Kier molecular flexibility index (Phi) is 7.63. The highest BCUT2D eigenvalue weighted by Crippen LogP contribution is 2.29. The summed E-state index contributed by atoms with van der Waals surface area (Å²) in [5.74, 6) is -0.900. The number of carbonyl (C=O) groups is 2. The number of amides is 1. The van der Waals surface area contributed by atoms with Crippen molar-refractivity contribution in [2.24, 2.45) is 0 Å². The number of hydrogen-bond acceptors (Lipinski definition) is 4. The normalized spacial score (nSPS) is 11.5. The molecule has 5 heteroatoms. The molecule has 0 aliphatic heterocycles. The molecule has 0 saturated carbocycles. The summed E-state index contributed by atoms with van der Waals surface area (Å²) in [6.07, 6.45) is 3.70. The molecule has 5 nitrogen and oxygen atoms in total. The van der Waals surface area contributed by atoms with Gasteiger partial charge < -0.3 is 4.84 Å². The molecule has 0 aromatic heterocycles. The van der Waals surface area contributed by atoms with Crippen molar-refractivity contribution < 1.29 is 14.4 Å². The third-order valence-corrected chi connectivity index (χ3v) is 4.32. The van der Waals surface area contributed by atoms with Crippen LogP contribution in [0.15, 0.2) is 42.5 Å². The molecule has 26 heavy (non-hydrogen) atoms. The van der Waals surface area contributed by atoms with Crippen LogP contribution >= 0.6 is 0 Å². The van der Waals surface area contributed by atoms with Gasteiger partial charge in [-0.1, -0.05) is 62.2 Å². The van der Waals surface area contributed by atoms with E-state index in [1.807, 2.05) is 24.3 Å². The van der Waals surface area contributed by atoms with Gasteiger partial charge in [-0.25, -0.2) is 4.79 Å². The average molecular weight is 352 g/mol. The Morgan fingerprint density at radius 3 is 2.65 bits per heavy atom. The number of benzene rings is 2. The monoisotopic (exact) mass is 352 g/mol. The number of nitrogens with one attached hydrogen (secondary N) is 1. The molecule has 1 atom stereocenters. The maximum atomic E-state index is 11.5. The maximum Gasteiger partial charge on any atom is 0.331 e. The zero-order chi connectivity index (χ0) is 18.8. The van der Waals surface area contributed by atoms with E-state index >= 15 is 0 Å². The Balaban J connectivity index is 1.78. The third-order valence-electron chi connectivity index (χ3n) is 4.32. The van der Waals surface area contributed by atoms with Gasteiger partial charge in [-0.15, -0.1) is 0 Å². The number of carbonyl (C=O) groups excluding carboxylic acids is 2. The third kappa shape index (κ3) is 5.59. The molecule has 0 saturated heterocycles. The van der Waals surface area contributed by atoms with Crippen LogP contribution in [0.25, 0.3) is 10.8 Å². The van der Waals surface area contributed by atoms with E-state index in [1.54, 1.807) is 6.92 Å². The van der Waals surface area contributed by atoms with E-state index in [0.717, 1.165) is 35.6 Å². The summed E-state index contributed by atoms with van der Waals surface area (Å²) in [6, 6.07) is 16.6. The lowest BCUT2D eigenvalue weighted by Gasteiger charge is -2.12. The largest absolute Gasteiger partial charge is 0.341 e. The highest BCUT2D eigenvalue weighted by molar-refractivity contribution is 5.86. The molecule has 136 valence electrons. The van der Waals surface area contributed by atoms with Gasteiger partial charge in [0.25, 0.3) is 5.91 Å². The number of hydroxylamine groups is 1. The fourth-order valence-corrected chi connectivity index (χ4v) is 2.89. The van der Waals surface area contributed by atoms with Crippen LogP contribution in [0.1, 0.15) is 56.9 Å².